The summed E-state index contributed by atoms with van der Waals surface area (Å²) in [5, 5.41) is 6.09. The molecule has 1 N–H and O–H groups in total. The minimum Gasteiger partial charge on any atom is -0.494 e. The van der Waals surface area contributed by atoms with Crippen molar-refractivity contribution in [1.82, 2.24) is 0 Å². The second-order valence-electron chi connectivity index (χ2n) is 5.32. The minimum absolute atomic E-state index is 0.765. The zero-order valence-electron chi connectivity index (χ0n) is 12.7. The topological polar surface area (TPSA) is 21.3 Å². The molecule has 0 fully saturated rings. The molecule has 0 radical (unpaired) electrons. The zero-order chi connectivity index (χ0) is 15.0. The van der Waals surface area contributed by atoms with Crippen LogP contribution in [0.4, 0.5) is 5.69 Å². The van der Waals surface area contributed by atoms with Gasteiger partial charge in [0.05, 0.1) is 6.61 Å². The summed E-state index contributed by atoms with van der Waals surface area (Å²) in [6, 6.07) is 24.8. The molecule has 0 heterocycles. The largest absolute Gasteiger partial charge is 0.494 e. The van der Waals surface area contributed by atoms with Crippen LogP contribution < -0.4 is 10.1 Å². The lowest BCUT2D eigenvalue weighted by Gasteiger charge is -2.10. The van der Waals surface area contributed by atoms with Gasteiger partial charge in [-0.05, 0) is 36.4 Å². The van der Waals surface area contributed by atoms with Crippen molar-refractivity contribution >= 4 is 16.5 Å². The third-order valence-electron chi connectivity index (χ3n) is 3.69. The van der Waals surface area contributed by atoms with E-state index in [1.165, 1.54) is 16.5 Å². The number of unbranched alkanes of at least 4 members (excludes halogenated alkanes) is 1. The van der Waals surface area contributed by atoms with E-state index in [-0.39, 0.29) is 0 Å². The maximum atomic E-state index is 5.70. The lowest BCUT2D eigenvalue weighted by Crippen LogP contribution is -2.05. The molecule has 3 rings (SSSR count). The second-order valence-corrected chi connectivity index (χ2v) is 5.32. The van der Waals surface area contributed by atoms with E-state index in [0.717, 1.165) is 31.7 Å². The van der Waals surface area contributed by atoms with Crippen molar-refractivity contribution in [2.24, 2.45) is 0 Å². The first-order valence-electron chi connectivity index (χ1n) is 7.83. The van der Waals surface area contributed by atoms with E-state index in [4.69, 9.17) is 4.74 Å². The monoisotopic (exact) mass is 291 g/mol. The molecule has 0 saturated heterocycles. The maximum absolute atomic E-state index is 5.70. The first kappa shape index (κ1) is 14.5. The molecule has 0 aliphatic rings. The number of para-hydroxylation sites is 1. The molecule has 2 nitrogen and oxygen atoms in total. The molecule has 0 atom stereocenters. The Morgan fingerprint density at radius 1 is 0.727 bits per heavy atom. The standard InChI is InChI=1S/C20H21NO/c1-2-11-18(12-3-1)22-16-7-6-15-21-20-14-8-10-17-9-4-5-13-19(17)20/h1-5,8-14,21H,6-7,15-16H2. The number of benzene rings is 3. The Hall–Kier alpha value is -2.48. The van der Waals surface area contributed by atoms with Crippen LogP contribution in [0, 0.1) is 0 Å². The van der Waals surface area contributed by atoms with E-state index >= 15 is 0 Å². The number of ether oxygens (including phenoxy) is 1. The SMILES string of the molecule is c1ccc(OCCCCNc2cccc3ccccc23)cc1. The molecule has 0 aliphatic carbocycles. The van der Waals surface area contributed by atoms with Crippen LogP contribution in [0.15, 0.2) is 72.8 Å². The van der Waals surface area contributed by atoms with Crippen molar-refractivity contribution in [3.8, 4) is 5.75 Å². The quantitative estimate of drug-likeness (QED) is 0.611. The molecule has 0 unspecified atom stereocenters. The first-order chi connectivity index (χ1) is 10.9. The molecule has 0 aliphatic heterocycles. The van der Waals surface area contributed by atoms with E-state index in [1.54, 1.807) is 0 Å². The van der Waals surface area contributed by atoms with Gasteiger partial charge in [0.15, 0.2) is 0 Å². The van der Waals surface area contributed by atoms with Gasteiger partial charge in [0, 0.05) is 17.6 Å². The Morgan fingerprint density at radius 3 is 2.41 bits per heavy atom. The highest BCUT2D eigenvalue weighted by Crippen LogP contribution is 2.22. The van der Waals surface area contributed by atoms with Crippen LogP contribution in [-0.2, 0) is 0 Å². The average molecular weight is 291 g/mol. The summed E-state index contributed by atoms with van der Waals surface area (Å²) < 4.78 is 5.70. The third-order valence-corrected chi connectivity index (χ3v) is 3.69. The molecular formula is C20H21NO. The van der Waals surface area contributed by atoms with Crippen LogP contribution >= 0.6 is 0 Å². The molecule has 3 aromatic rings. The van der Waals surface area contributed by atoms with Crippen molar-refractivity contribution in [3.63, 3.8) is 0 Å². The van der Waals surface area contributed by atoms with Crippen LogP contribution in [0.1, 0.15) is 12.8 Å². The van der Waals surface area contributed by atoms with E-state index in [9.17, 15) is 0 Å². The Kier molecular flexibility index (Phi) is 4.93. The molecule has 0 saturated carbocycles. The predicted octanol–water partition coefficient (Wildman–Crippen LogP) is 5.11. The highest BCUT2D eigenvalue weighted by Gasteiger charge is 1.99. The summed E-state index contributed by atoms with van der Waals surface area (Å²) in [6.45, 7) is 1.73. The van der Waals surface area contributed by atoms with Crippen molar-refractivity contribution in [2.45, 2.75) is 12.8 Å². The molecule has 112 valence electrons. The Labute approximate surface area is 131 Å². The van der Waals surface area contributed by atoms with E-state index in [2.05, 4.69) is 47.8 Å². The van der Waals surface area contributed by atoms with Gasteiger partial charge in [-0.3, -0.25) is 0 Å². The normalized spacial score (nSPS) is 10.5. The van der Waals surface area contributed by atoms with Crippen molar-refractivity contribution < 1.29 is 4.74 Å². The molecular weight excluding hydrogens is 270 g/mol. The van der Waals surface area contributed by atoms with Crippen molar-refractivity contribution in [3.05, 3.63) is 72.8 Å². The smallest absolute Gasteiger partial charge is 0.119 e. The number of fused-ring (bicyclic) bond motifs is 1. The van der Waals surface area contributed by atoms with Crippen LogP contribution in [0.3, 0.4) is 0 Å². The van der Waals surface area contributed by atoms with E-state index in [1.807, 2.05) is 30.3 Å². The summed E-state index contributed by atoms with van der Waals surface area (Å²) >= 11 is 0. The molecule has 0 amide bonds. The van der Waals surface area contributed by atoms with E-state index < -0.39 is 0 Å². The Bertz CT molecular complexity index is 704. The van der Waals surface area contributed by atoms with Crippen LogP contribution in [0.25, 0.3) is 10.8 Å². The molecule has 3 aromatic carbocycles. The fraction of sp³-hybridized carbons (Fsp3) is 0.200. The summed E-state index contributed by atoms with van der Waals surface area (Å²) in [6.07, 6.45) is 2.14. The van der Waals surface area contributed by atoms with Gasteiger partial charge >= 0.3 is 0 Å². The highest BCUT2D eigenvalue weighted by atomic mass is 16.5. The van der Waals surface area contributed by atoms with Gasteiger partial charge in [-0.15, -0.1) is 0 Å². The van der Waals surface area contributed by atoms with Gasteiger partial charge in [0.25, 0.3) is 0 Å². The van der Waals surface area contributed by atoms with Gasteiger partial charge in [-0.25, -0.2) is 0 Å². The molecule has 0 aromatic heterocycles. The summed E-state index contributed by atoms with van der Waals surface area (Å²) in [4.78, 5) is 0. The van der Waals surface area contributed by atoms with Gasteiger partial charge in [0.2, 0.25) is 0 Å². The van der Waals surface area contributed by atoms with Crippen molar-refractivity contribution in [2.75, 3.05) is 18.5 Å². The van der Waals surface area contributed by atoms with E-state index in [0.29, 0.717) is 0 Å². The third kappa shape index (κ3) is 3.79. The molecule has 0 bridgehead atoms. The summed E-state index contributed by atoms with van der Waals surface area (Å²) in [5.74, 6) is 0.949. The fourth-order valence-corrected chi connectivity index (χ4v) is 2.54. The highest BCUT2D eigenvalue weighted by molar-refractivity contribution is 5.93. The summed E-state index contributed by atoms with van der Waals surface area (Å²) in [7, 11) is 0. The Morgan fingerprint density at radius 2 is 1.50 bits per heavy atom. The van der Waals surface area contributed by atoms with Gasteiger partial charge in [-0.1, -0.05) is 54.6 Å². The van der Waals surface area contributed by atoms with Crippen molar-refractivity contribution in [1.29, 1.82) is 0 Å². The van der Waals surface area contributed by atoms with Gasteiger partial charge in [-0.2, -0.15) is 0 Å². The predicted molar refractivity (Wildman–Crippen MR) is 93.6 cm³/mol. The van der Waals surface area contributed by atoms with Gasteiger partial charge < -0.3 is 10.1 Å². The minimum atomic E-state index is 0.765. The average Bonchev–Trinajstić information content (AvgIpc) is 2.59. The maximum Gasteiger partial charge on any atom is 0.119 e. The van der Waals surface area contributed by atoms with Crippen LogP contribution in [0.2, 0.25) is 0 Å². The molecule has 22 heavy (non-hydrogen) atoms. The van der Waals surface area contributed by atoms with Crippen LogP contribution in [0.5, 0.6) is 5.75 Å². The lowest BCUT2D eigenvalue weighted by molar-refractivity contribution is 0.308. The number of nitrogens with one attached hydrogen (secondary N) is 1. The second kappa shape index (κ2) is 7.51. The fourth-order valence-electron chi connectivity index (χ4n) is 2.54. The van der Waals surface area contributed by atoms with Gasteiger partial charge in [0.1, 0.15) is 5.75 Å². The number of anilines is 1. The number of rotatable bonds is 7. The molecule has 2 heteroatoms. The zero-order valence-corrected chi connectivity index (χ0v) is 12.7. The molecule has 0 spiro atoms. The number of hydrogen-bond acceptors (Lipinski definition) is 2. The number of hydrogen-bond donors (Lipinski definition) is 1. The van der Waals surface area contributed by atoms with Crippen LogP contribution in [-0.4, -0.2) is 13.2 Å². The Balaban J connectivity index is 1.43. The lowest BCUT2D eigenvalue weighted by atomic mass is 10.1. The summed E-state index contributed by atoms with van der Waals surface area (Å²) in [5.41, 5.74) is 1.21. The first-order valence-corrected chi connectivity index (χ1v) is 7.83.